The minimum Gasteiger partial charge on any atom is -0.323 e. The maximum absolute atomic E-state index is 13.2. The SMILES string of the molecule is NC(c1cc(F)c(F)cc1F)C(C(F)(F)F)C(F)(F)F. The lowest BCUT2D eigenvalue weighted by atomic mass is 9.92. The zero-order chi connectivity index (χ0) is 15.9. The van der Waals surface area contributed by atoms with E-state index in [4.69, 9.17) is 5.73 Å². The first-order valence-electron chi connectivity index (χ1n) is 4.89. The summed E-state index contributed by atoms with van der Waals surface area (Å²) in [4.78, 5) is 0. The van der Waals surface area contributed by atoms with Crippen LogP contribution in [0.1, 0.15) is 11.6 Å². The molecule has 0 fully saturated rings. The topological polar surface area (TPSA) is 26.0 Å². The van der Waals surface area contributed by atoms with Crippen LogP contribution in [0.5, 0.6) is 0 Å². The normalized spacial score (nSPS) is 14.8. The van der Waals surface area contributed by atoms with Crippen molar-refractivity contribution in [2.24, 2.45) is 11.7 Å². The molecule has 114 valence electrons. The lowest BCUT2D eigenvalue weighted by Gasteiger charge is -2.28. The smallest absolute Gasteiger partial charge is 0.323 e. The van der Waals surface area contributed by atoms with E-state index in [0.717, 1.165) is 0 Å². The van der Waals surface area contributed by atoms with Crippen molar-refractivity contribution in [1.29, 1.82) is 0 Å². The van der Waals surface area contributed by atoms with Gasteiger partial charge in [-0.15, -0.1) is 0 Å². The van der Waals surface area contributed by atoms with Crippen molar-refractivity contribution in [3.05, 3.63) is 35.1 Å². The Morgan fingerprint density at radius 1 is 0.750 bits per heavy atom. The van der Waals surface area contributed by atoms with Crippen LogP contribution < -0.4 is 5.73 Å². The van der Waals surface area contributed by atoms with E-state index in [1.807, 2.05) is 0 Å². The molecule has 0 aliphatic heterocycles. The summed E-state index contributed by atoms with van der Waals surface area (Å²) in [6.07, 6.45) is -11.6. The average molecular weight is 311 g/mol. The molecule has 1 atom stereocenters. The summed E-state index contributed by atoms with van der Waals surface area (Å²) in [6.45, 7) is 0. The van der Waals surface area contributed by atoms with Crippen LogP contribution in [0, 0.1) is 23.4 Å². The lowest BCUT2D eigenvalue weighted by molar-refractivity contribution is -0.290. The number of halogens is 9. The molecular formula is C10H6F9N. The first kappa shape index (κ1) is 16.6. The van der Waals surface area contributed by atoms with Gasteiger partial charge in [0, 0.05) is 11.6 Å². The molecule has 20 heavy (non-hydrogen) atoms. The second-order valence-electron chi connectivity index (χ2n) is 3.87. The fraction of sp³-hybridized carbons (Fsp3) is 0.400. The number of hydrogen-bond acceptors (Lipinski definition) is 1. The third-order valence-electron chi connectivity index (χ3n) is 2.46. The Balaban J connectivity index is 3.34. The highest BCUT2D eigenvalue weighted by atomic mass is 19.4. The minimum atomic E-state index is -5.82. The van der Waals surface area contributed by atoms with Crippen LogP contribution in [0.4, 0.5) is 39.5 Å². The third kappa shape index (κ3) is 3.35. The Labute approximate surface area is 106 Å². The molecule has 0 aliphatic rings. The van der Waals surface area contributed by atoms with E-state index in [9.17, 15) is 39.5 Å². The van der Waals surface area contributed by atoms with Gasteiger partial charge in [0.2, 0.25) is 0 Å². The predicted molar refractivity (Wildman–Crippen MR) is 48.8 cm³/mol. The Morgan fingerprint density at radius 3 is 1.55 bits per heavy atom. The van der Waals surface area contributed by atoms with Crippen LogP contribution in [0.15, 0.2) is 12.1 Å². The van der Waals surface area contributed by atoms with Crippen molar-refractivity contribution < 1.29 is 39.5 Å². The number of benzene rings is 1. The van der Waals surface area contributed by atoms with Crippen molar-refractivity contribution in [1.82, 2.24) is 0 Å². The highest BCUT2D eigenvalue weighted by Gasteiger charge is 2.60. The zero-order valence-electron chi connectivity index (χ0n) is 9.29. The second kappa shape index (κ2) is 5.15. The van der Waals surface area contributed by atoms with E-state index in [1.165, 1.54) is 0 Å². The number of alkyl halides is 6. The van der Waals surface area contributed by atoms with Gasteiger partial charge >= 0.3 is 12.4 Å². The molecule has 0 heterocycles. The molecular weight excluding hydrogens is 305 g/mol. The zero-order valence-corrected chi connectivity index (χ0v) is 9.29. The van der Waals surface area contributed by atoms with E-state index < -0.39 is 47.3 Å². The van der Waals surface area contributed by atoms with Gasteiger partial charge in [0.05, 0.1) is 6.04 Å². The predicted octanol–water partition coefficient (Wildman–Crippen LogP) is 3.84. The van der Waals surface area contributed by atoms with Crippen LogP contribution in [0.25, 0.3) is 0 Å². The molecule has 1 aromatic rings. The maximum Gasteiger partial charge on any atom is 0.402 e. The van der Waals surface area contributed by atoms with Crippen molar-refractivity contribution in [2.75, 3.05) is 0 Å². The van der Waals surface area contributed by atoms with Crippen LogP contribution in [0.2, 0.25) is 0 Å². The number of nitrogens with two attached hydrogens (primary N) is 1. The van der Waals surface area contributed by atoms with Crippen LogP contribution in [-0.4, -0.2) is 12.4 Å². The Morgan fingerprint density at radius 2 is 1.15 bits per heavy atom. The van der Waals surface area contributed by atoms with Gasteiger partial charge < -0.3 is 5.73 Å². The van der Waals surface area contributed by atoms with Crippen molar-refractivity contribution in [2.45, 2.75) is 18.4 Å². The molecule has 0 radical (unpaired) electrons. The summed E-state index contributed by atoms with van der Waals surface area (Å²) < 4.78 is 113. The van der Waals surface area contributed by atoms with Gasteiger partial charge in [0.25, 0.3) is 0 Å². The van der Waals surface area contributed by atoms with Crippen molar-refractivity contribution >= 4 is 0 Å². The molecule has 0 bridgehead atoms. The van der Waals surface area contributed by atoms with E-state index in [0.29, 0.717) is 0 Å². The monoisotopic (exact) mass is 311 g/mol. The standard InChI is InChI=1S/C10H6F9N/c11-4-2-6(13)5(12)1-3(4)7(20)8(9(14,15)16)10(17,18)19/h1-2,7-8H,20H2. The maximum atomic E-state index is 13.2. The van der Waals surface area contributed by atoms with E-state index in [2.05, 4.69) is 0 Å². The number of hydrogen-bond donors (Lipinski definition) is 1. The molecule has 0 saturated carbocycles. The van der Waals surface area contributed by atoms with Crippen LogP contribution in [-0.2, 0) is 0 Å². The molecule has 1 unspecified atom stereocenters. The molecule has 2 N–H and O–H groups in total. The average Bonchev–Trinajstić information content (AvgIpc) is 2.18. The molecule has 0 aromatic heterocycles. The molecule has 1 nitrogen and oxygen atoms in total. The first-order chi connectivity index (χ1) is 8.85. The second-order valence-corrected chi connectivity index (χ2v) is 3.87. The summed E-state index contributed by atoms with van der Waals surface area (Å²) in [7, 11) is 0. The summed E-state index contributed by atoms with van der Waals surface area (Å²) in [6, 6.07) is -3.25. The minimum absolute atomic E-state index is 0.125. The molecule has 0 spiro atoms. The van der Waals surface area contributed by atoms with Gasteiger partial charge in [-0.25, -0.2) is 13.2 Å². The molecule has 0 saturated heterocycles. The molecule has 1 rings (SSSR count). The lowest BCUT2D eigenvalue weighted by Crippen LogP contribution is -2.44. The molecule has 10 heteroatoms. The fourth-order valence-corrected chi connectivity index (χ4v) is 1.57. The highest BCUT2D eigenvalue weighted by Crippen LogP contribution is 2.45. The summed E-state index contributed by atoms with van der Waals surface area (Å²) in [5.41, 5.74) is 3.35. The third-order valence-corrected chi connectivity index (χ3v) is 2.46. The van der Waals surface area contributed by atoms with Gasteiger partial charge in [-0.05, 0) is 6.07 Å². The Hall–Kier alpha value is -1.45. The van der Waals surface area contributed by atoms with Crippen LogP contribution in [0.3, 0.4) is 0 Å². The van der Waals surface area contributed by atoms with Gasteiger partial charge in [-0.1, -0.05) is 0 Å². The summed E-state index contributed by atoms with van der Waals surface area (Å²) in [5, 5.41) is 0. The van der Waals surface area contributed by atoms with Gasteiger partial charge in [-0.3, -0.25) is 0 Å². The molecule has 1 aromatic carbocycles. The van der Waals surface area contributed by atoms with E-state index in [1.54, 1.807) is 0 Å². The quantitative estimate of drug-likeness (QED) is 0.652. The van der Waals surface area contributed by atoms with Gasteiger partial charge in [0.1, 0.15) is 5.82 Å². The molecule has 0 amide bonds. The van der Waals surface area contributed by atoms with Crippen LogP contribution >= 0.6 is 0 Å². The van der Waals surface area contributed by atoms with Gasteiger partial charge in [0.15, 0.2) is 17.6 Å². The Bertz CT molecular complexity index is 477. The highest BCUT2D eigenvalue weighted by molar-refractivity contribution is 5.24. The summed E-state index contributed by atoms with van der Waals surface area (Å²) in [5.74, 6) is -9.46. The first-order valence-corrected chi connectivity index (χ1v) is 4.89. The summed E-state index contributed by atoms with van der Waals surface area (Å²) >= 11 is 0. The van der Waals surface area contributed by atoms with Gasteiger partial charge in [-0.2, -0.15) is 26.3 Å². The largest absolute Gasteiger partial charge is 0.402 e. The number of rotatable bonds is 2. The fourth-order valence-electron chi connectivity index (χ4n) is 1.57. The van der Waals surface area contributed by atoms with Crippen molar-refractivity contribution in [3.63, 3.8) is 0 Å². The Kier molecular flexibility index (Phi) is 4.28. The molecule has 0 aliphatic carbocycles. The van der Waals surface area contributed by atoms with E-state index in [-0.39, 0.29) is 12.1 Å². The van der Waals surface area contributed by atoms with E-state index >= 15 is 0 Å². The van der Waals surface area contributed by atoms with Crippen molar-refractivity contribution in [3.8, 4) is 0 Å².